The van der Waals surface area contributed by atoms with E-state index in [2.05, 4.69) is 32.7 Å². The van der Waals surface area contributed by atoms with Gasteiger partial charge in [0.05, 0.1) is 32.1 Å². The summed E-state index contributed by atoms with van der Waals surface area (Å²) in [7, 11) is 0. The van der Waals surface area contributed by atoms with E-state index in [1.165, 1.54) is 0 Å². The molecule has 0 saturated heterocycles. The van der Waals surface area contributed by atoms with Crippen molar-refractivity contribution in [3.8, 4) is 0 Å². The molecule has 1 fully saturated rings. The highest BCUT2D eigenvalue weighted by Crippen LogP contribution is 2.47. The molecule has 0 heterocycles. The minimum Gasteiger partial charge on any atom is -0.466 e. The number of carbonyl (C=O) groups is 2. The molecule has 1 saturated carbocycles. The lowest BCUT2D eigenvalue weighted by atomic mass is 9.63. The molecule has 0 N–H and O–H groups in total. The zero-order valence-corrected chi connectivity index (χ0v) is 19.3. The number of nitrogens with zero attached hydrogens (tertiary/aromatic N) is 2. The summed E-state index contributed by atoms with van der Waals surface area (Å²) in [4.78, 5) is 33.0. The normalized spacial score (nSPS) is 24.5. The zero-order chi connectivity index (χ0) is 21.9. The van der Waals surface area contributed by atoms with E-state index in [1.807, 2.05) is 6.92 Å². The van der Waals surface area contributed by atoms with E-state index in [-0.39, 0.29) is 41.7 Å². The molecular formula is C23H40N2O4. The van der Waals surface area contributed by atoms with Crippen LogP contribution in [0.5, 0.6) is 0 Å². The van der Waals surface area contributed by atoms with Gasteiger partial charge in [0.25, 0.3) is 0 Å². The van der Waals surface area contributed by atoms with Gasteiger partial charge in [-0.25, -0.2) is 0 Å². The van der Waals surface area contributed by atoms with Crippen molar-refractivity contribution in [1.82, 2.24) is 0 Å². The van der Waals surface area contributed by atoms with Crippen molar-refractivity contribution in [2.45, 2.75) is 92.5 Å². The molecular weight excluding hydrogens is 368 g/mol. The van der Waals surface area contributed by atoms with Crippen LogP contribution in [0.1, 0.15) is 86.5 Å². The lowest BCUT2D eigenvalue weighted by Gasteiger charge is -2.45. The number of ether oxygens (including phenoxy) is 2. The Labute approximate surface area is 176 Å². The van der Waals surface area contributed by atoms with Gasteiger partial charge in [-0.1, -0.05) is 34.1 Å². The fourth-order valence-electron chi connectivity index (χ4n) is 4.49. The van der Waals surface area contributed by atoms with Gasteiger partial charge < -0.3 is 9.47 Å². The maximum atomic E-state index is 11.9. The Morgan fingerprint density at radius 2 is 1.69 bits per heavy atom. The first-order chi connectivity index (χ1) is 13.6. The largest absolute Gasteiger partial charge is 0.466 e. The summed E-state index contributed by atoms with van der Waals surface area (Å²) in [6.45, 7) is 14.0. The second kappa shape index (κ2) is 12.1. The molecule has 166 valence electrons. The maximum Gasteiger partial charge on any atom is 0.311 e. The lowest BCUT2D eigenvalue weighted by molar-refractivity contribution is -0.142. The molecule has 1 aliphatic carbocycles. The van der Waals surface area contributed by atoms with Crippen molar-refractivity contribution in [2.75, 3.05) is 19.8 Å². The van der Waals surface area contributed by atoms with Crippen LogP contribution in [0.4, 0.5) is 0 Å². The Hall–Kier alpha value is -1.72. The van der Waals surface area contributed by atoms with E-state index in [9.17, 15) is 9.59 Å². The smallest absolute Gasteiger partial charge is 0.311 e. The Balaban J connectivity index is 2.81. The number of hydrogen-bond donors (Lipinski definition) is 0. The molecule has 0 aliphatic heterocycles. The van der Waals surface area contributed by atoms with Crippen LogP contribution in [0, 0.1) is 10.8 Å². The quantitative estimate of drug-likeness (QED) is 0.364. The molecule has 0 aromatic carbocycles. The van der Waals surface area contributed by atoms with Gasteiger partial charge in [-0.2, -0.15) is 0 Å². The number of rotatable bonds is 11. The Bertz CT molecular complexity index is 598. The summed E-state index contributed by atoms with van der Waals surface area (Å²) in [5.41, 5.74) is 1.10. The van der Waals surface area contributed by atoms with Gasteiger partial charge >= 0.3 is 11.9 Å². The molecule has 0 amide bonds. The average Bonchev–Trinajstić information content (AvgIpc) is 2.59. The summed E-state index contributed by atoms with van der Waals surface area (Å²) in [6, 6.07) is 0.174. The molecule has 1 aliphatic rings. The number of carbonyl (C=O) groups excluding carboxylic acids is 2. The second-order valence-electron chi connectivity index (χ2n) is 9.17. The summed E-state index contributed by atoms with van der Waals surface area (Å²) in [6.07, 6.45) is 6.97. The van der Waals surface area contributed by atoms with Gasteiger partial charge in [0.1, 0.15) is 0 Å². The summed E-state index contributed by atoms with van der Waals surface area (Å²) in [5, 5.41) is 0. The highest BCUT2D eigenvalue weighted by atomic mass is 16.5. The standard InChI is InChI=1S/C23H40N2O4/c1-7-10-18(13-21(27)29-9-3)25-17-23(6)15-19(14-22(4,5)16-23)24-12-11-20(26)28-8-2/h12,19H,7-11,13-17H2,1-6H3. The summed E-state index contributed by atoms with van der Waals surface area (Å²) < 4.78 is 10.1. The molecule has 2 atom stereocenters. The predicted octanol–water partition coefficient (Wildman–Crippen LogP) is 4.79. The van der Waals surface area contributed by atoms with Gasteiger partial charge in [-0.05, 0) is 50.4 Å². The van der Waals surface area contributed by atoms with Crippen molar-refractivity contribution < 1.29 is 19.1 Å². The molecule has 0 aromatic heterocycles. The third kappa shape index (κ3) is 10.0. The van der Waals surface area contributed by atoms with Crippen LogP contribution in [0.25, 0.3) is 0 Å². The number of aliphatic imine (C=N–C) groups is 2. The highest BCUT2D eigenvalue weighted by molar-refractivity contribution is 5.99. The minimum absolute atomic E-state index is 0.0152. The second-order valence-corrected chi connectivity index (χ2v) is 9.17. The molecule has 0 spiro atoms. The van der Waals surface area contributed by atoms with E-state index in [4.69, 9.17) is 14.5 Å². The zero-order valence-electron chi connectivity index (χ0n) is 19.3. The Morgan fingerprint density at radius 3 is 2.31 bits per heavy atom. The average molecular weight is 409 g/mol. The van der Waals surface area contributed by atoms with E-state index >= 15 is 0 Å². The highest BCUT2D eigenvalue weighted by Gasteiger charge is 2.41. The first-order valence-electron chi connectivity index (χ1n) is 11.0. The van der Waals surface area contributed by atoms with Gasteiger partial charge in [0, 0.05) is 18.5 Å². The van der Waals surface area contributed by atoms with E-state index in [0.717, 1.165) is 37.8 Å². The molecule has 0 bridgehead atoms. The van der Waals surface area contributed by atoms with Crippen molar-refractivity contribution in [1.29, 1.82) is 0 Å². The van der Waals surface area contributed by atoms with Gasteiger partial charge in [-0.3, -0.25) is 19.6 Å². The maximum absolute atomic E-state index is 11.9. The summed E-state index contributed by atoms with van der Waals surface area (Å²) >= 11 is 0. The molecule has 6 nitrogen and oxygen atoms in total. The fourth-order valence-corrected chi connectivity index (χ4v) is 4.49. The number of esters is 2. The van der Waals surface area contributed by atoms with Crippen LogP contribution < -0.4 is 0 Å². The summed E-state index contributed by atoms with van der Waals surface area (Å²) in [5.74, 6) is -0.433. The van der Waals surface area contributed by atoms with Gasteiger partial charge in [-0.15, -0.1) is 0 Å². The molecule has 0 radical (unpaired) electrons. The minimum atomic E-state index is -0.234. The van der Waals surface area contributed by atoms with Crippen LogP contribution in [0.15, 0.2) is 9.98 Å². The predicted molar refractivity (Wildman–Crippen MR) is 118 cm³/mol. The third-order valence-corrected chi connectivity index (χ3v) is 5.18. The topological polar surface area (TPSA) is 77.3 Å². The van der Waals surface area contributed by atoms with Crippen molar-refractivity contribution in [2.24, 2.45) is 20.8 Å². The molecule has 0 aromatic rings. The first kappa shape index (κ1) is 25.3. The van der Waals surface area contributed by atoms with Crippen LogP contribution >= 0.6 is 0 Å². The van der Waals surface area contributed by atoms with E-state index < -0.39 is 0 Å². The van der Waals surface area contributed by atoms with Crippen LogP contribution in [-0.4, -0.2) is 49.7 Å². The molecule has 29 heavy (non-hydrogen) atoms. The van der Waals surface area contributed by atoms with Crippen molar-refractivity contribution in [3.05, 3.63) is 0 Å². The third-order valence-electron chi connectivity index (χ3n) is 5.18. The number of hydrogen-bond acceptors (Lipinski definition) is 6. The SMILES string of the molecule is CCCC(CC(=O)OCC)=NCC1(C)CC(N=CCC(=O)OCC)CC(C)(C)C1. The molecule has 6 heteroatoms. The monoisotopic (exact) mass is 408 g/mol. The van der Waals surface area contributed by atoms with Crippen LogP contribution in [0.3, 0.4) is 0 Å². The van der Waals surface area contributed by atoms with Gasteiger partial charge in [0.2, 0.25) is 0 Å². The van der Waals surface area contributed by atoms with Crippen molar-refractivity contribution in [3.63, 3.8) is 0 Å². The van der Waals surface area contributed by atoms with Crippen molar-refractivity contribution >= 4 is 23.9 Å². The lowest BCUT2D eigenvalue weighted by Crippen LogP contribution is -2.39. The van der Waals surface area contributed by atoms with E-state index in [1.54, 1.807) is 13.1 Å². The van der Waals surface area contributed by atoms with Crippen LogP contribution in [0.2, 0.25) is 0 Å². The first-order valence-corrected chi connectivity index (χ1v) is 11.0. The molecule has 2 unspecified atom stereocenters. The Kier molecular flexibility index (Phi) is 10.5. The van der Waals surface area contributed by atoms with E-state index in [0.29, 0.717) is 19.8 Å². The van der Waals surface area contributed by atoms with Gasteiger partial charge in [0.15, 0.2) is 0 Å². The molecule has 1 rings (SSSR count). The van der Waals surface area contributed by atoms with Crippen LogP contribution in [-0.2, 0) is 19.1 Å². The fraction of sp³-hybridized carbons (Fsp3) is 0.826. The Morgan fingerprint density at radius 1 is 1.03 bits per heavy atom.